The maximum atomic E-state index is 14.2. The van der Waals surface area contributed by atoms with Gasteiger partial charge < -0.3 is 34.6 Å². The number of hydrogen-bond acceptors (Lipinski definition) is 11. The van der Waals surface area contributed by atoms with E-state index in [1.807, 2.05) is 65.3 Å². The normalized spacial score (nSPS) is 19.3. The van der Waals surface area contributed by atoms with Crippen LogP contribution in [0.1, 0.15) is 74.1 Å². The van der Waals surface area contributed by atoms with Crippen molar-refractivity contribution in [1.29, 1.82) is 0 Å². The average Bonchev–Trinajstić information content (AvgIpc) is 3.62. The van der Waals surface area contributed by atoms with E-state index in [2.05, 4.69) is 5.32 Å². The number of amides is 4. The standard InChI is InChI=1S/C39H65F3N6O9S/c1-13-24(6)33(47(10)37(52)31(22(2)3)44-36(51)32(23(4)5)46(8)9)29(56-11)21-30(49)48-20-14-15-28(48)34(57-12)25(7)35(50)45-58(54,55)27-18-16-26(17-19-27)43-38(53)39(40,41)42/h16-19,22-25,28-29,31-34,36,44,51H,13-15,20-21H2,1-12H3,(H,43,53)(H,45,50)/t24-,25+,28-,29+,31-,32-,33-,34+,36?/m0/s1. The quantitative estimate of drug-likeness (QED) is 0.133. The minimum atomic E-state index is -5.14. The van der Waals surface area contributed by atoms with Crippen molar-refractivity contribution >= 4 is 39.3 Å². The highest BCUT2D eigenvalue weighted by Crippen LogP contribution is 2.30. The molecule has 0 aromatic heterocycles. The number of carbonyl (C=O) groups is 4. The molecule has 1 unspecified atom stereocenters. The Morgan fingerprint density at radius 2 is 1.53 bits per heavy atom. The van der Waals surface area contributed by atoms with Crippen LogP contribution in [0.15, 0.2) is 29.2 Å². The zero-order chi connectivity index (χ0) is 44.4. The van der Waals surface area contributed by atoms with E-state index in [-0.39, 0.29) is 47.7 Å². The van der Waals surface area contributed by atoms with Crippen LogP contribution in [0.2, 0.25) is 0 Å². The molecule has 4 N–H and O–H groups in total. The smallest absolute Gasteiger partial charge is 0.379 e. The number of carbonyl (C=O) groups excluding carboxylic acids is 4. The van der Waals surface area contributed by atoms with Crippen LogP contribution in [0.5, 0.6) is 0 Å². The van der Waals surface area contributed by atoms with Gasteiger partial charge in [0.1, 0.15) is 6.23 Å². The molecular weight excluding hydrogens is 786 g/mol. The average molecular weight is 851 g/mol. The van der Waals surface area contributed by atoms with Crippen LogP contribution in [0.25, 0.3) is 0 Å². The maximum absolute atomic E-state index is 14.2. The maximum Gasteiger partial charge on any atom is 0.471 e. The summed E-state index contributed by atoms with van der Waals surface area (Å²) < 4.78 is 77.7. The van der Waals surface area contributed by atoms with Crippen molar-refractivity contribution in [2.24, 2.45) is 23.7 Å². The van der Waals surface area contributed by atoms with Gasteiger partial charge in [0.05, 0.1) is 53.6 Å². The van der Waals surface area contributed by atoms with Crippen molar-refractivity contribution in [3.8, 4) is 0 Å². The molecule has 0 bridgehead atoms. The van der Waals surface area contributed by atoms with E-state index in [4.69, 9.17) is 9.47 Å². The number of sulfonamides is 1. The molecule has 1 aliphatic rings. The fourth-order valence-electron chi connectivity index (χ4n) is 7.80. The number of likely N-dealkylation sites (tertiary alicyclic amines) is 1. The molecule has 0 spiro atoms. The number of halogens is 3. The van der Waals surface area contributed by atoms with Crippen LogP contribution in [0, 0.1) is 23.7 Å². The van der Waals surface area contributed by atoms with Crippen LogP contribution >= 0.6 is 0 Å². The number of nitrogens with zero attached hydrogens (tertiary/aromatic N) is 3. The number of likely N-dealkylation sites (N-methyl/N-ethyl adjacent to an activating group) is 2. The molecule has 9 atom stereocenters. The number of hydrogen-bond donors (Lipinski definition) is 4. The number of rotatable bonds is 21. The lowest BCUT2D eigenvalue weighted by molar-refractivity contribution is -0.167. The van der Waals surface area contributed by atoms with E-state index in [9.17, 15) is 45.9 Å². The first-order valence-electron chi connectivity index (χ1n) is 19.6. The van der Waals surface area contributed by atoms with Gasteiger partial charge in [0.25, 0.3) is 10.0 Å². The zero-order valence-electron chi connectivity index (χ0n) is 35.8. The SMILES string of the molecule is CC[C@H](C)[C@@H]([C@@H](CC(=O)N1CCC[C@H]1[C@H](OC)[C@@H](C)C(=O)NS(=O)(=O)c1ccc(NC(=O)C(F)(F)F)cc1)OC)N(C)C(=O)[C@@H](NC(O)[C@H](C(C)C)N(C)C)C(C)C. The number of benzene rings is 1. The molecule has 1 fully saturated rings. The highest BCUT2D eigenvalue weighted by Gasteiger charge is 2.44. The van der Waals surface area contributed by atoms with Crippen molar-refractivity contribution in [2.75, 3.05) is 47.2 Å². The highest BCUT2D eigenvalue weighted by molar-refractivity contribution is 7.90. The Morgan fingerprint density at radius 3 is 2.00 bits per heavy atom. The zero-order valence-corrected chi connectivity index (χ0v) is 36.6. The second kappa shape index (κ2) is 21.8. The topological polar surface area (TPSA) is 187 Å². The number of methoxy groups -OCH3 is 2. The van der Waals surface area contributed by atoms with E-state index < -0.39 is 75.4 Å². The molecule has 0 saturated carbocycles. The Labute approximate surface area is 341 Å². The Balaban J connectivity index is 2.27. The van der Waals surface area contributed by atoms with E-state index in [0.717, 1.165) is 24.3 Å². The Morgan fingerprint density at radius 1 is 0.948 bits per heavy atom. The van der Waals surface area contributed by atoms with Gasteiger partial charge in [0.15, 0.2) is 0 Å². The van der Waals surface area contributed by atoms with E-state index in [1.165, 1.54) is 21.1 Å². The minimum Gasteiger partial charge on any atom is -0.379 e. The number of aliphatic hydroxyl groups excluding tert-OH is 1. The summed E-state index contributed by atoms with van der Waals surface area (Å²) >= 11 is 0. The number of nitrogens with one attached hydrogen (secondary N) is 3. The fraction of sp³-hybridized carbons (Fsp3) is 0.744. The van der Waals surface area contributed by atoms with Crippen molar-refractivity contribution in [2.45, 2.75) is 128 Å². The first kappa shape index (κ1) is 50.8. The van der Waals surface area contributed by atoms with Gasteiger partial charge in [0.2, 0.25) is 17.7 Å². The molecule has 15 nitrogen and oxygen atoms in total. The summed E-state index contributed by atoms with van der Waals surface area (Å²) in [6.07, 6.45) is -6.21. The number of aliphatic hydroxyl groups is 1. The Bertz CT molecular complexity index is 1620. The number of anilines is 1. The molecule has 4 amide bonds. The molecule has 1 aromatic rings. The van der Waals surface area contributed by atoms with Gasteiger partial charge >= 0.3 is 12.1 Å². The molecule has 332 valence electrons. The molecule has 1 saturated heterocycles. The predicted molar refractivity (Wildman–Crippen MR) is 213 cm³/mol. The molecule has 1 aliphatic heterocycles. The van der Waals surface area contributed by atoms with Gasteiger partial charge in [-0.3, -0.25) is 24.5 Å². The van der Waals surface area contributed by atoms with Crippen molar-refractivity contribution in [3.63, 3.8) is 0 Å². The number of alkyl halides is 3. The van der Waals surface area contributed by atoms with E-state index in [0.29, 0.717) is 25.8 Å². The third-order valence-corrected chi connectivity index (χ3v) is 12.4. The van der Waals surface area contributed by atoms with Gasteiger partial charge in [-0.25, -0.2) is 13.1 Å². The lowest BCUT2D eigenvalue weighted by atomic mass is 9.89. The van der Waals surface area contributed by atoms with Crippen molar-refractivity contribution < 1.29 is 55.3 Å². The van der Waals surface area contributed by atoms with Crippen LogP contribution in [-0.2, 0) is 38.7 Å². The fourth-order valence-corrected chi connectivity index (χ4v) is 8.87. The molecule has 1 heterocycles. The third-order valence-electron chi connectivity index (χ3n) is 11.1. The summed E-state index contributed by atoms with van der Waals surface area (Å²) in [5.41, 5.74) is -0.303. The summed E-state index contributed by atoms with van der Waals surface area (Å²) in [5.74, 6) is -5.01. The second-order valence-corrected chi connectivity index (χ2v) is 17.7. The van der Waals surface area contributed by atoms with Crippen LogP contribution in [0.4, 0.5) is 18.9 Å². The van der Waals surface area contributed by atoms with E-state index >= 15 is 0 Å². The van der Waals surface area contributed by atoms with E-state index in [1.54, 1.807) is 22.2 Å². The molecular formula is C39H65F3N6O9S. The Kier molecular flexibility index (Phi) is 19.1. The third kappa shape index (κ3) is 13.1. The van der Waals surface area contributed by atoms with Crippen LogP contribution < -0.4 is 15.4 Å². The summed E-state index contributed by atoms with van der Waals surface area (Å²) in [5, 5.41) is 16.0. The molecule has 19 heteroatoms. The summed E-state index contributed by atoms with van der Waals surface area (Å²) in [6.45, 7) is 13.5. The van der Waals surface area contributed by atoms with Gasteiger partial charge in [-0.1, -0.05) is 54.9 Å². The Hall–Kier alpha value is -3.36. The largest absolute Gasteiger partial charge is 0.471 e. The second-order valence-electron chi connectivity index (χ2n) is 16.1. The van der Waals surface area contributed by atoms with Crippen LogP contribution in [-0.4, -0.2) is 143 Å². The first-order valence-corrected chi connectivity index (χ1v) is 21.1. The van der Waals surface area contributed by atoms with Crippen molar-refractivity contribution in [1.82, 2.24) is 24.7 Å². The molecule has 58 heavy (non-hydrogen) atoms. The first-order chi connectivity index (χ1) is 26.8. The van der Waals surface area contributed by atoms with Gasteiger partial charge in [-0.15, -0.1) is 0 Å². The van der Waals surface area contributed by atoms with Gasteiger partial charge in [-0.05, 0) is 69.0 Å². The summed E-state index contributed by atoms with van der Waals surface area (Å²) in [4.78, 5) is 57.7. The lowest BCUT2D eigenvalue weighted by Crippen LogP contribution is -2.61. The molecule has 1 aromatic carbocycles. The van der Waals surface area contributed by atoms with Gasteiger partial charge in [-0.2, -0.15) is 13.2 Å². The number of ether oxygens (including phenoxy) is 2. The molecule has 0 aliphatic carbocycles. The lowest BCUT2D eigenvalue weighted by Gasteiger charge is -2.42. The molecule has 2 rings (SSSR count). The monoisotopic (exact) mass is 850 g/mol. The minimum absolute atomic E-state index is 0.0906. The summed E-state index contributed by atoms with van der Waals surface area (Å²) in [7, 11) is 3.76. The summed E-state index contributed by atoms with van der Waals surface area (Å²) in [6, 6.07) is 1.64. The predicted octanol–water partition coefficient (Wildman–Crippen LogP) is 3.43. The molecule has 0 radical (unpaired) electrons. The van der Waals surface area contributed by atoms with Gasteiger partial charge in [0, 0.05) is 33.5 Å². The highest BCUT2D eigenvalue weighted by atomic mass is 32.2. The van der Waals surface area contributed by atoms with Crippen molar-refractivity contribution in [3.05, 3.63) is 24.3 Å². The van der Waals surface area contributed by atoms with Crippen LogP contribution in [0.3, 0.4) is 0 Å².